The van der Waals surface area contributed by atoms with E-state index in [-0.39, 0.29) is 17.2 Å². The number of hydrogen-bond acceptors (Lipinski definition) is 4. The molecule has 0 radical (unpaired) electrons. The van der Waals surface area contributed by atoms with Crippen molar-refractivity contribution >= 4 is 17.2 Å². The Kier molecular flexibility index (Phi) is 1.99. The van der Waals surface area contributed by atoms with E-state index in [4.69, 9.17) is 17.2 Å². The predicted octanol–water partition coefficient (Wildman–Crippen LogP) is 0.766. The molecule has 0 amide bonds. The van der Waals surface area contributed by atoms with Crippen LogP contribution in [0.1, 0.15) is 12.0 Å². The van der Waals surface area contributed by atoms with Crippen molar-refractivity contribution < 1.29 is 8.78 Å². The Hall–Kier alpha value is -1.59. The fourth-order valence-electron chi connectivity index (χ4n) is 0.815. The zero-order valence-corrected chi connectivity index (χ0v) is 6.09. The van der Waals surface area contributed by atoms with Gasteiger partial charge in [0, 0.05) is 0 Å². The van der Waals surface area contributed by atoms with Crippen molar-refractivity contribution in [1.29, 1.82) is 0 Å². The van der Waals surface area contributed by atoms with Gasteiger partial charge in [-0.05, 0) is 0 Å². The number of rotatable bonds is 1. The van der Waals surface area contributed by atoms with Crippen LogP contribution < -0.4 is 17.2 Å². The van der Waals surface area contributed by atoms with Crippen LogP contribution in [0.5, 0.6) is 0 Å². The van der Waals surface area contributed by atoms with Crippen molar-refractivity contribution in [3.63, 3.8) is 0 Å². The summed E-state index contributed by atoms with van der Waals surface area (Å²) in [5.41, 5.74) is 14.8. The van der Waals surface area contributed by atoms with Crippen LogP contribution >= 0.6 is 0 Å². The van der Waals surface area contributed by atoms with Gasteiger partial charge in [-0.3, -0.25) is 0 Å². The van der Waals surface area contributed by atoms with Crippen LogP contribution in [0.25, 0.3) is 0 Å². The lowest BCUT2D eigenvalue weighted by Gasteiger charge is -2.08. The zero-order chi connectivity index (χ0) is 9.30. The van der Waals surface area contributed by atoms with Gasteiger partial charge < -0.3 is 17.2 Å². The Morgan fingerprint density at radius 1 is 1.25 bits per heavy atom. The maximum atomic E-state index is 12.2. The summed E-state index contributed by atoms with van der Waals surface area (Å²) in [6, 6.07) is 0. The van der Waals surface area contributed by atoms with Crippen LogP contribution in [0.4, 0.5) is 26.0 Å². The molecule has 6 N–H and O–H groups in total. The molecule has 1 rings (SSSR count). The summed E-state index contributed by atoms with van der Waals surface area (Å²) in [5.74, 6) is -0.125. The lowest BCUT2D eigenvalue weighted by atomic mass is 10.2. The van der Waals surface area contributed by atoms with Gasteiger partial charge in [0.15, 0.2) is 0 Å². The lowest BCUT2D eigenvalue weighted by molar-refractivity contribution is 0.153. The minimum absolute atomic E-state index is 0.125. The van der Waals surface area contributed by atoms with Gasteiger partial charge in [-0.25, -0.2) is 13.8 Å². The fraction of sp³-hybridized carbons (Fsp3) is 0.167. The van der Waals surface area contributed by atoms with Crippen molar-refractivity contribution in [2.45, 2.75) is 6.43 Å². The zero-order valence-electron chi connectivity index (χ0n) is 6.09. The molecule has 66 valence electrons. The van der Waals surface area contributed by atoms with Crippen LogP contribution in [-0.2, 0) is 0 Å². The third-order valence-corrected chi connectivity index (χ3v) is 1.44. The highest BCUT2D eigenvalue weighted by Crippen LogP contribution is 2.32. The standard InChI is InChI=1S/C6H8F2N4/c7-5(8)3-2(9)1-12-6(11)4(3)10/h1,5H,9-10H2,(H2,11,12). The molecule has 0 saturated heterocycles. The summed E-state index contributed by atoms with van der Waals surface area (Å²) in [7, 11) is 0. The Morgan fingerprint density at radius 2 is 1.83 bits per heavy atom. The first kappa shape index (κ1) is 8.51. The first-order valence-electron chi connectivity index (χ1n) is 3.11. The van der Waals surface area contributed by atoms with Gasteiger partial charge in [-0.15, -0.1) is 0 Å². The van der Waals surface area contributed by atoms with Crippen LogP contribution in [0.3, 0.4) is 0 Å². The number of alkyl halides is 2. The molecule has 0 aliphatic heterocycles. The lowest BCUT2D eigenvalue weighted by Crippen LogP contribution is -2.06. The predicted molar refractivity (Wildman–Crippen MR) is 42.4 cm³/mol. The molecule has 6 heteroatoms. The van der Waals surface area contributed by atoms with Gasteiger partial charge in [0.25, 0.3) is 6.43 Å². The van der Waals surface area contributed by atoms with Crippen LogP contribution in [-0.4, -0.2) is 4.98 Å². The highest BCUT2D eigenvalue weighted by molar-refractivity contribution is 5.70. The van der Waals surface area contributed by atoms with Crippen molar-refractivity contribution in [2.24, 2.45) is 0 Å². The van der Waals surface area contributed by atoms with Crippen LogP contribution in [0.2, 0.25) is 0 Å². The number of halogens is 2. The number of hydrogen-bond donors (Lipinski definition) is 3. The van der Waals surface area contributed by atoms with Gasteiger partial charge >= 0.3 is 0 Å². The van der Waals surface area contributed by atoms with E-state index < -0.39 is 12.0 Å². The van der Waals surface area contributed by atoms with Crippen molar-refractivity contribution in [3.05, 3.63) is 11.8 Å². The van der Waals surface area contributed by atoms with Crippen molar-refractivity contribution in [2.75, 3.05) is 17.2 Å². The van der Waals surface area contributed by atoms with Gasteiger partial charge in [0.05, 0.1) is 23.1 Å². The second-order valence-corrected chi connectivity index (χ2v) is 2.23. The Balaban J connectivity index is 3.33. The van der Waals surface area contributed by atoms with E-state index in [0.29, 0.717) is 0 Å². The van der Waals surface area contributed by atoms with E-state index in [2.05, 4.69) is 4.98 Å². The molecule has 0 bridgehead atoms. The van der Waals surface area contributed by atoms with Gasteiger partial charge in [0.2, 0.25) is 0 Å². The molecule has 0 aliphatic carbocycles. The molecule has 1 aromatic heterocycles. The molecule has 1 heterocycles. The van der Waals surface area contributed by atoms with Gasteiger partial charge in [-0.2, -0.15) is 0 Å². The number of aromatic nitrogens is 1. The molecule has 0 atom stereocenters. The minimum Gasteiger partial charge on any atom is -0.397 e. The Labute approximate surface area is 67.4 Å². The second-order valence-electron chi connectivity index (χ2n) is 2.23. The highest BCUT2D eigenvalue weighted by Gasteiger charge is 2.17. The molecule has 12 heavy (non-hydrogen) atoms. The summed E-state index contributed by atoms with van der Waals surface area (Å²) in [6.07, 6.45) is -1.66. The average molecular weight is 174 g/mol. The Morgan fingerprint density at radius 3 is 2.25 bits per heavy atom. The fourth-order valence-corrected chi connectivity index (χ4v) is 0.815. The molecule has 4 nitrogen and oxygen atoms in total. The second kappa shape index (κ2) is 2.80. The molecular formula is C6H8F2N4. The molecule has 0 spiro atoms. The van der Waals surface area contributed by atoms with Crippen molar-refractivity contribution in [1.82, 2.24) is 4.98 Å². The van der Waals surface area contributed by atoms with Gasteiger partial charge in [0.1, 0.15) is 5.82 Å². The highest BCUT2D eigenvalue weighted by atomic mass is 19.3. The maximum Gasteiger partial charge on any atom is 0.268 e. The third kappa shape index (κ3) is 1.23. The van der Waals surface area contributed by atoms with E-state index in [1.54, 1.807) is 0 Å². The first-order chi connectivity index (χ1) is 5.54. The van der Waals surface area contributed by atoms with Gasteiger partial charge in [-0.1, -0.05) is 0 Å². The molecule has 0 fully saturated rings. The van der Waals surface area contributed by atoms with Crippen molar-refractivity contribution in [3.8, 4) is 0 Å². The number of nitrogens with zero attached hydrogens (tertiary/aromatic N) is 1. The topological polar surface area (TPSA) is 90.9 Å². The summed E-state index contributed by atoms with van der Waals surface area (Å²) >= 11 is 0. The maximum absolute atomic E-state index is 12.2. The van der Waals surface area contributed by atoms with E-state index in [9.17, 15) is 8.78 Å². The van der Waals surface area contributed by atoms with E-state index in [1.165, 1.54) is 0 Å². The third-order valence-electron chi connectivity index (χ3n) is 1.44. The van der Waals surface area contributed by atoms with E-state index in [1.807, 2.05) is 0 Å². The summed E-state index contributed by atoms with van der Waals surface area (Å²) in [6.45, 7) is 0. The molecule has 0 aliphatic rings. The first-order valence-corrected chi connectivity index (χ1v) is 3.11. The monoisotopic (exact) mass is 174 g/mol. The molecule has 0 saturated carbocycles. The summed E-state index contributed by atoms with van der Waals surface area (Å²) in [4.78, 5) is 3.52. The van der Waals surface area contributed by atoms with E-state index in [0.717, 1.165) is 6.20 Å². The number of pyridine rings is 1. The van der Waals surface area contributed by atoms with Crippen LogP contribution in [0.15, 0.2) is 6.20 Å². The Bertz CT molecular complexity index is 300. The largest absolute Gasteiger partial charge is 0.397 e. The average Bonchev–Trinajstić information content (AvgIpc) is 1.97. The number of nitrogens with two attached hydrogens (primary N) is 3. The quantitative estimate of drug-likeness (QED) is 0.586. The summed E-state index contributed by atoms with van der Waals surface area (Å²) < 4.78 is 24.5. The summed E-state index contributed by atoms with van der Waals surface area (Å²) in [5, 5.41) is 0. The molecule has 1 aromatic rings. The molecule has 0 unspecified atom stereocenters. The number of nitrogen functional groups attached to an aromatic ring is 3. The normalized spacial score (nSPS) is 10.6. The molecule has 0 aromatic carbocycles. The van der Waals surface area contributed by atoms with E-state index >= 15 is 0 Å². The minimum atomic E-state index is -2.73. The number of anilines is 3. The molecular weight excluding hydrogens is 166 g/mol. The van der Waals surface area contributed by atoms with Crippen LogP contribution in [0, 0.1) is 0 Å². The SMILES string of the molecule is Nc1cnc(N)c(N)c1C(F)F. The smallest absolute Gasteiger partial charge is 0.268 e.